The van der Waals surface area contributed by atoms with Crippen LogP contribution in [0.1, 0.15) is 63.5 Å². The van der Waals surface area contributed by atoms with E-state index in [0.29, 0.717) is 0 Å². The second-order valence-electron chi connectivity index (χ2n) is 6.14. The average Bonchev–Trinajstić information content (AvgIpc) is 2.58. The van der Waals surface area contributed by atoms with Crippen LogP contribution < -0.4 is 9.47 Å². The first-order valence-corrected chi connectivity index (χ1v) is 8.96. The summed E-state index contributed by atoms with van der Waals surface area (Å²) in [6.07, 6.45) is 9.30. The van der Waals surface area contributed by atoms with Crippen molar-refractivity contribution in [3.05, 3.63) is 23.3 Å². The van der Waals surface area contributed by atoms with Gasteiger partial charge in [-0.15, -0.1) is 0 Å². The van der Waals surface area contributed by atoms with E-state index in [2.05, 4.69) is 26.0 Å². The number of benzene rings is 1. The van der Waals surface area contributed by atoms with E-state index in [-0.39, 0.29) is 6.10 Å². The smallest absolute Gasteiger partial charge is 0.126 e. The van der Waals surface area contributed by atoms with Crippen LogP contribution in [0.4, 0.5) is 0 Å². The predicted molar refractivity (Wildman–Crippen MR) is 96.8 cm³/mol. The van der Waals surface area contributed by atoms with Crippen molar-refractivity contribution in [1.29, 1.82) is 0 Å². The van der Waals surface area contributed by atoms with Gasteiger partial charge < -0.3 is 14.2 Å². The van der Waals surface area contributed by atoms with Gasteiger partial charge in [0.2, 0.25) is 0 Å². The second-order valence-corrected chi connectivity index (χ2v) is 6.14. The van der Waals surface area contributed by atoms with E-state index < -0.39 is 0 Å². The minimum Gasteiger partial charge on any atom is -0.496 e. The highest BCUT2D eigenvalue weighted by molar-refractivity contribution is 5.48. The minimum absolute atomic E-state index is 0.262. The number of rotatable bonds is 12. The molecule has 23 heavy (non-hydrogen) atoms. The first-order chi connectivity index (χ1) is 11.2. The van der Waals surface area contributed by atoms with Gasteiger partial charge in [-0.2, -0.15) is 0 Å². The molecule has 0 N–H and O–H groups in total. The van der Waals surface area contributed by atoms with Crippen LogP contribution in [-0.2, 0) is 17.6 Å². The molecule has 3 nitrogen and oxygen atoms in total. The quantitative estimate of drug-likeness (QED) is 0.496. The Morgan fingerprint density at radius 3 is 1.96 bits per heavy atom. The summed E-state index contributed by atoms with van der Waals surface area (Å²) in [6, 6.07) is 4.30. The molecule has 0 aliphatic heterocycles. The Balaban J connectivity index is 2.89. The van der Waals surface area contributed by atoms with Gasteiger partial charge in [0.05, 0.1) is 20.3 Å². The standard InChI is InChI=1S/C20H34O3/c1-6-8-10-11-17(21-3)13-16-14-19(22-4)18(12-9-7-2)20(15-16)23-5/h14-15,17H,6-13H2,1-5H3/t17-/m1/s1. The van der Waals surface area contributed by atoms with E-state index in [0.717, 1.165) is 43.6 Å². The van der Waals surface area contributed by atoms with Crippen molar-refractivity contribution in [3.8, 4) is 11.5 Å². The Morgan fingerprint density at radius 2 is 1.48 bits per heavy atom. The molecule has 0 aromatic heterocycles. The molecule has 0 radical (unpaired) electrons. The summed E-state index contributed by atoms with van der Waals surface area (Å²) in [6.45, 7) is 4.43. The van der Waals surface area contributed by atoms with Crippen LogP contribution in [0.15, 0.2) is 12.1 Å². The van der Waals surface area contributed by atoms with E-state index >= 15 is 0 Å². The van der Waals surface area contributed by atoms with Gasteiger partial charge in [-0.1, -0.05) is 39.5 Å². The average molecular weight is 322 g/mol. The van der Waals surface area contributed by atoms with Crippen LogP contribution in [0, 0.1) is 0 Å². The summed E-state index contributed by atoms with van der Waals surface area (Å²) >= 11 is 0. The third-order valence-electron chi connectivity index (χ3n) is 4.37. The van der Waals surface area contributed by atoms with Gasteiger partial charge in [-0.05, 0) is 43.4 Å². The van der Waals surface area contributed by atoms with Gasteiger partial charge in [-0.25, -0.2) is 0 Å². The lowest BCUT2D eigenvalue weighted by Crippen LogP contribution is -2.14. The van der Waals surface area contributed by atoms with E-state index in [4.69, 9.17) is 14.2 Å². The molecule has 3 heteroatoms. The molecule has 132 valence electrons. The largest absolute Gasteiger partial charge is 0.496 e. The molecule has 0 unspecified atom stereocenters. The van der Waals surface area contributed by atoms with Crippen LogP contribution in [0.25, 0.3) is 0 Å². The summed E-state index contributed by atoms with van der Waals surface area (Å²) in [7, 11) is 5.28. The lowest BCUT2D eigenvalue weighted by Gasteiger charge is -2.19. The zero-order valence-corrected chi connectivity index (χ0v) is 15.6. The van der Waals surface area contributed by atoms with E-state index in [1.165, 1.54) is 30.4 Å². The number of hydrogen-bond acceptors (Lipinski definition) is 3. The van der Waals surface area contributed by atoms with Gasteiger partial charge in [0.15, 0.2) is 0 Å². The molecular weight excluding hydrogens is 288 g/mol. The van der Waals surface area contributed by atoms with Crippen LogP contribution >= 0.6 is 0 Å². The molecule has 1 aromatic carbocycles. The van der Waals surface area contributed by atoms with Crippen molar-refractivity contribution >= 4 is 0 Å². The Hall–Kier alpha value is -1.22. The number of hydrogen-bond donors (Lipinski definition) is 0. The van der Waals surface area contributed by atoms with Crippen molar-refractivity contribution < 1.29 is 14.2 Å². The number of unbranched alkanes of at least 4 members (excludes halogenated alkanes) is 3. The molecular formula is C20H34O3. The van der Waals surface area contributed by atoms with Crippen LogP contribution in [-0.4, -0.2) is 27.4 Å². The monoisotopic (exact) mass is 322 g/mol. The summed E-state index contributed by atoms with van der Waals surface area (Å²) in [5, 5.41) is 0. The topological polar surface area (TPSA) is 27.7 Å². The van der Waals surface area contributed by atoms with Crippen molar-refractivity contribution in [2.45, 2.75) is 71.3 Å². The molecule has 1 aromatic rings. The maximum Gasteiger partial charge on any atom is 0.126 e. The van der Waals surface area contributed by atoms with Crippen molar-refractivity contribution in [1.82, 2.24) is 0 Å². The second kappa shape index (κ2) is 11.3. The third-order valence-corrected chi connectivity index (χ3v) is 4.37. The number of ether oxygens (including phenoxy) is 3. The highest BCUT2D eigenvalue weighted by Crippen LogP contribution is 2.33. The van der Waals surface area contributed by atoms with Crippen LogP contribution in [0.5, 0.6) is 11.5 Å². The van der Waals surface area contributed by atoms with Gasteiger partial charge >= 0.3 is 0 Å². The summed E-state index contributed by atoms with van der Waals surface area (Å²) < 4.78 is 16.9. The highest BCUT2D eigenvalue weighted by Gasteiger charge is 2.15. The Bertz CT molecular complexity index is 418. The van der Waals surface area contributed by atoms with E-state index in [1.54, 1.807) is 21.3 Å². The molecule has 0 heterocycles. The zero-order chi connectivity index (χ0) is 17.1. The van der Waals surface area contributed by atoms with E-state index in [9.17, 15) is 0 Å². The highest BCUT2D eigenvalue weighted by atomic mass is 16.5. The molecule has 0 spiro atoms. The van der Waals surface area contributed by atoms with Crippen molar-refractivity contribution in [2.24, 2.45) is 0 Å². The SMILES string of the molecule is CCCCC[C@H](Cc1cc(OC)c(CCCC)c(OC)c1)OC. The maximum absolute atomic E-state index is 5.66. The first-order valence-electron chi connectivity index (χ1n) is 8.96. The predicted octanol–water partition coefficient (Wildman–Crippen LogP) is 5.18. The molecule has 1 atom stereocenters. The van der Waals surface area contributed by atoms with Gasteiger partial charge in [-0.3, -0.25) is 0 Å². The van der Waals surface area contributed by atoms with Gasteiger partial charge in [0, 0.05) is 12.7 Å². The Morgan fingerprint density at radius 1 is 0.870 bits per heavy atom. The Labute approximate surface area is 142 Å². The maximum atomic E-state index is 5.66. The van der Waals surface area contributed by atoms with Crippen molar-refractivity contribution in [3.63, 3.8) is 0 Å². The normalized spacial score (nSPS) is 12.2. The molecule has 0 amide bonds. The third kappa shape index (κ3) is 6.42. The fourth-order valence-corrected chi connectivity index (χ4v) is 2.94. The van der Waals surface area contributed by atoms with Gasteiger partial charge in [0.25, 0.3) is 0 Å². The molecule has 0 saturated heterocycles. The molecule has 1 rings (SSSR count). The fraction of sp³-hybridized carbons (Fsp3) is 0.700. The van der Waals surface area contributed by atoms with Gasteiger partial charge in [0.1, 0.15) is 11.5 Å². The fourth-order valence-electron chi connectivity index (χ4n) is 2.94. The Kier molecular flexibility index (Phi) is 9.77. The molecule has 0 saturated carbocycles. The molecule has 0 bridgehead atoms. The minimum atomic E-state index is 0.262. The van der Waals surface area contributed by atoms with Crippen LogP contribution in [0.2, 0.25) is 0 Å². The first kappa shape index (κ1) is 19.8. The lowest BCUT2D eigenvalue weighted by atomic mass is 9.98. The molecule has 0 aliphatic rings. The van der Waals surface area contributed by atoms with Crippen molar-refractivity contribution in [2.75, 3.05) is 21.3 Å². The van der Waals surface area contributed by atoms with E-state index in [1.807, 2.05) is 0 Å². The summed E-state index contributed by atoms with van der Waals surface area (Å²) in [5.41, 5.74) is 2.41. The zero-order valence-electron chi connectivity index (χ0n) is 15.6. The lowest BCUT2D eigenvalue weighted by molar-refractivity contribution is 0.0931. The van der Waals surface area contributed by atoms with Crippen LogP contribution in [0.3, 0.4) is 0 Å². The number of methoxy groups -OCH3 is 3. The molecule has 0 aliphatic carbocycles. The molecule has 0 fully saturated rings. The summed E-state index contributed by atoms with van der Waals surface area (Å²) in [4.78, 5) is 0. The summed E-state index contributed by atoms with van der Waals surface area (Å²) in [5.74, 6) is 1.88.